The lowest BCUT2D eigenvalue weighted by Gasteiger charge is -2.39. The molecule has 0 unspecified atom stereocenters. The van der Waals surface area contributed by atoms with Gasteiger partial charge in [0, 0.05) is 5.56 Å². The van der Waals surface area contributed by atoms with E-state index in [-0.39, 0.29) is 11.2 Å². The average Bonchev–Trinajstić information content (AvgIpc) is 2.76. The second-order valence-electron chi connectivity index (χ2n) is 7.74. The van der Waals surface area contributed by atoms with Crippen molar-refractivity contribution < 1.29 is 23.5 Å². The fourth-order valence-corrected chi connectivity index (χ4v) is 2.90. The Morgan fingerprint density at radius 3 is 2.12 bits per heavy atom. The van der Waals surface area contributed by atoms with Gasteiger partial charge in [0.15, 0.2) is 6.29 Å². The summed E-state index contributed by atoms with van der Waals surface area (Å²) in [4.78, 5) is 0. The summed E-state index contributed by atoms with van der Waals surface area (Å²) >= 11 is 0. The molecule has 5 nitrogen and oxygen atoms in total. The predicted octanol–water partition coefficient (Wildman–Crippen LogP) is 3.52. The molecule has 0 N–H and O–H groups in total. The van der Waals surface area contributed by atoms with Gasteiger partial charge in [0.25, 0.3) is 0 Å². The van der Waals surface area contributed by atoms with Crippen LogP contribution in [-0.4, -0.2) is 37.5 Å². The molecular formula is C18H27BO5. The maximum absolute atomic E-state index is 6.29. The van der Waals surface area contributed by atoms with Crippen LogP contribution in [0.2, 0.25) is 0 Å². The third-order valence-electron chi connectivity index (χ3n) is 5.38. The quantitative estimate of drug-likeness (QED) is 0.792. The first-order valence-corrected chi connectivity index (χ1v) is 8.46. The molecule has 0 bridgehead atoms. The molecule has 0 saturated carbocycles. The van der Waals surface area contributed by atoms with Crippen molar-refractivity contribution in [3.8, 4) is 5.75 Å². The highest BCUT2D eigenvalue weighted by Crippen LogP contribution is 2.44. The summed E-state index contributed by atoms with van der Waals surface area (Å²) < 4.78 is 29.7. The third kappa shape index (κ3) is 3.08. The largest absolute Gasteiger partial charge is 0.497 e. The summed E-state index contributed by atoms with van der Waals surface area (Å²) in [5, 5.41) is 0. The normalized spacial score (nSPS) is 31.9. The average molecular weight is 334 g/mol. The van der Waals surface area contributed by atoms with Crippen LogP contribution in [0.1, 0.15) is 52.9 Å². The molecule has 0 amide bonds. The van der Waals surface area contributed by atoms with Crippen molar-refractivity contribution in [1.82, 2.24) is 0 Å². The van der Waals surface area contributed by atoms with E-state index in [0.29, 0.717) is 6.61 Å². The summed E-state index contributed by atoms with van der Waals surface area (Å²) in [6, 6.07) is 7.73. The first kappa shape index (κ1) is 17.7. The van der Waals surface area contributed by atoms with Crippen molar-refractivity contribution in [2.45, 2.75) is 64.0 Å². The van der Waals surface area contributed by atoms with Crippen molar-refractivity contribution >= 4 is 7.12 Å². The van der Waals surface area contributed by atoms with Gasteiger partial charge >= 0.3 is 7.12 Å². The summed E-state index contributed by atoms with van der Waals surface area (Å²) in [5.74, 6) is 0.809. The van der Waals surface area contributed by atoms with E-state index < -0.39 is 18.9 Å². The van der Waals surface area contributed by atoms with Crippen LogP contribution in [0.15, 0.2) is 24.3 Å². The molecule has 2 aliphatic heterocycles. The number of hydrogen-bond donors (Lipinski definition) is 0. The Bertz CT molecular complexity index is 570. The molecule has 132 valence electrons. The molecule has 1 aromatic carbocycles. The zero-order valence-corrected chi connectivity index (χ0v) is 15.4. The highest BCUT2D eigenvalue weighted by molar-refractivity contribution is 6.49. The second-order valence-corrected chi connectivity index (χ2v) is 7.74. The van der Waals surface area contributed by atoms with E-state index in [2.05, 4.69) is 27.7 Å². The van der Waals surface area contributed by atoms with Crippen LogP contribution >= 0.6 is 0 Å². The standard InChI is InChI=1S/C18H27BO5/c1-16(2)17(3,4)24-19(23-16)18(5)11-12-21-15(22-18)13-7-9-14(20-6)10-8-13/h7-10,15H,11-12H2,1-6H3/t15-,18+/m0/s1. The molecule has 1 aromatic rings. The zero-order chi connectivity index (χ0) is 17.6. The topological polar surface area (TPSA) is 46.2 Å². The number of benzene rings is 1. The van der Waals surface area contributed by atoms with Crippen molar-refractivity contribution in [3.63, 3.8) is 0 Å². The molecule has 0 radical (unpaired) electrons. The summed E-state index contributed by atoms with van der Waals surface area (Å²) in [6.45, 7) is 10.8. The van der Waals surface area contributed by atoms with Crippen LogP contribution < -0.4 is 4.74 Å². The van der Waals surface area contributed by atoms with Crippen LogP contribution in [-0.2, 0) is 18.8 Å². The van der Waals surface area contributed by atoms with E-state index in [1.807, 2.05) is 31.2 Å². The molecule has 2 fully saturated rings. The Hall–Kier alpha value is -1.08. The molecule has 0 aliphatic carbocycles. The van der Waals surface area contributed by atoms with Gasteiger partial charge < -0.3 is 23.5 Å². The van der Waals surface area contributed by atoms with Crippen molar-refractivity contribution in [2.24, 2.45) is 0 Å². The van der Waals surface area contributed by atoms with E-state index >= 15 is 0 Å². The van der Waals surface area contributed by atoms with Crippen molar-refractivity contribution in [1.29, 1.82) is 0 Å². The van der Waals surface area contributed by atoms with Gasteiger partial charge in [-0.2, -0.15) is 0 Å². The van der Waals surface area contributed by atoms with E-state index in [4.69, 9.17) is 23.5 Å². The molecule has 24 heavy (non-hydrogen) atoms. The SMILES string of the molecule is COc1ccc([C@H]2OCC[C@](C)(B3OC(C)(C)C(C)(C)O3)O2)cc1. The molecule has 6 heteroatoms. The lowest BCUT2D eigenvalue weighted by molar-refractivity contribution is -0.236. The van der Waals surface area contributed by atoms with Gasteiger partial charge in [0.1, 0.15) is 11.2 Å². The van der Waals surface area contributed by atoms with Gasteiger partial charge in [-0.15, -0.1) is 0 Å². The summed E-state index contributed by atoms with van der Waals surface area (Å²) in [7, 11) is 1.23. The van der Waals surface area contributed by atoms with Gasteiger partial charge in [0.05, 0.1) is 24.9 Å². The fraction of sp³-hybridized carbons (Fsp3) is 0.667. The number of hydrogen-bond acceptors (Lipinski definition) is 5. The summed E-state index contributed by atoms with van der Waals surface area (Å²) in [6.07, 6.45) is 0.282. The van der Waals surface area contributed by atoms with E-state index in [0.717, 1.165) is 17.7 Å². The van der Waals surface area contributed by atoms with Gasteiger partial charge in [-0.25, -0.2) is 0 Å². The van der Waals surface area contributed by atoms with Gasteiger partial charge in [-0.05, 0) is 53.2 Å². The van der Waals surface area contributed by atoms with Gasteiger partial charge in [-0.3, -0.25) is 0 Å². The minimum atomic E-state index is -0.562. The monoisotopic (exact) mass is 334 g/mol. The third-order valence-corrected chi connectivity index (χ3v) is 5.38. The van der Waals surface area contributed by atoms with Crippen molar-refractivity contribution in [3.05, 3.63) is 29.8 Å². The molecule has 3 rings (SSSR count). The minimum Gasteiger partial charge on any atom is -0.497 e. The first-order chi connectivity index (χ1) is 11.2. The Morgan fingerprint density at radius 2 is 1.58 bits per heavy atom. The second kappa shape index (κ2) is 6.02. The molecule has 2 heterocycles. The number of methoxy groups -OCH3 is 1. The molecule has 2 aliphatic rings. The molecule has 0 aromatic heterocycles. The minimum absolute atomic E-state index is 0.377. The Morgan fingerprint density at radius 1 is 1.00 bits per heavy atom. The lowest BCUT2D eigenvalue weighted by Crippen LogP contribution is -2.52. The fourth-order valence-electron chi connectivity index (χ4n) is 2.90. The lowest BCUT2D eigenvalue weighted by atomic mass is 9.66. The Balaban J connectivity index is 1.77. The maximum Gasteiger partial charge on any atom is 0.492 e. The van der Waals surface area contributed by atoms with Gasteiger partial charge in [0.2, 0.25) is 0 Å². The van der Waals surface area contributed by atoms with Crippen LogP contribution in [0.3, 0.4) is 0 Å². The molecule has 0 spiro atoms. The van der Waals surface area contributed by atoms with E-state index in [1.165, 1.54) is 0 Å². The smallest absolute Gasteiger partial charge is 0.492 e. The van der Waals surface area contributed by atoms with Crippen LogP contribution in [0, 0.1) is 0 Å². The van der Waals surface area contributed by atoms with E-state index in [1.54, 1.807) is 7.11 Å². The molecule has 2 saturated heterocycles. The highest BCUT2D eigenvalue weighted by Gasteiger charge is 2.60. The van der Waals surface area contributed by atoms with Crippen LogP contribution in [0.4, 0.5) is 0 Å². The Labute approximate surface area is 144 Å². The first-order valence-electron chi connectivity index (χ1n) is 8.46. The van der Waals surface area contributed by atoms with E-state index in [9.17, 15) is 0 Å². The van der Waals surface area contributed by atoms with Crippen LogP contribution in [0.5, 0.6) is 5.75 Å². The zero-order valence-electron chi connectivity index (χ0n) is 15.4. The van der Waals surface area contributed by atoms with Crippen LogP contribution in [0.25, 0.3) is 0 Å². The Kier molecular flexibility index (Phi) is 4.45. The predicted molar refractivity (Wildman–Crippen MR) is 91.9 cm³/mol. The summed E-state index contributed by atoms with van der Waals surface area (Å²) in [5.41, 5.74) is -0.359. The molecular weight excluding hydrogens is 307 g/mol. The molecule has 2 atom stereocenters. The number of rotatable bonds is 3. The maximum atomic E-state index is 6.29. The van der Waals surface area contributed by atoms with Gasteiger partial charge in [-0.1, -0.05) is 12.1 Å². The number of ether oxygens (including phenoxy) is 3. The highest BCUT2D eigenvalue weighted by atomic mass is 16.7. The van der Waals surface area contributed by atoms with Crippen molar-refractivity contribution in [2.75, 3.05) is 13.7 Å².